The predicted molar refractivity (Wildman–Crippen MR) is 74.6 cm³/mol. The van der Waals surface area contributed by atoms with Crippen LogP contribution in [0.4, 0.5) is 13.6 Å². The van der Waals surface area contributed by atoms with Crippen LogP contribution in [0, 0.1) is 11.6 Å². The summed E-state index contributed by atoms with van der Waals surface area (Å²) in [6.07, 6.45) is -0.618. The van der Waals surface area contributed by atoms with Crippen LogP contribution in [-0.2, 0) is 10.3 Å². The van der Waals surface area contributed by atoms with Crippen LogP contribution in [0.5, 0.6) is 5.75 Å². The SMILES string of the molecule is COc1c(F)ccc(F)c1C1(O)CN(C(=O)OC(C)(C)C)C1. The molecule has 1 amide bonds. The summed E-state index contributed by atoms with van der Waals surface area (Å²) in [6, 6.07) is 1.84. The van der Waals surface area contributed by atoms with Crippen LogP contribution in [0.3, 0.4) is 0 Å². The number of likely N-dealkylation sites (tertiary alicyclic amines) is 1. The molecule has 0 saturated carbocycles. The van der Waals surface area contributed by atoms with E-state index in [4.69, 9.17) is 9.47 Å². The zero-order chi connectivity index (χ0) is 16.7. The Morgan fingerprint density at radius 3 is 2.32 bits per heavy atom. The smallest absolute Gasteiger partial charge is 0.410 e. The Labute approximate surface area is 127 Å². The lowest BCUT2D eigenvalue weighted by atomic mass is 9.85. The van der Waals surface area contributed by atoms with Gasteiger partial charge in [-0.1, -0.05) is 0 Å². The summed E-state index contributed by atoms with van der Waals surface area (Å²) in [5, 5.41) is 10.5. The maximum atomic E-state index is 14.0. The minimum atomic E-state index is -1.70. The summed E-state index contributed by atoms with van der Waals surface area (Å²) in [4.78, 5) is 13.1. The third-order valence-electron chi connectivity index (χ3n) is 3.28. The minimum absolute atomic E-state index is 0.196. The molecule has 0 atom stereocenters. The quantitative estimate of drug-likeness (QED) is 0.910. The van der Waals surface area contributed by atoms with Crippen molar-refractivity contribution in [1.82, 2.24) is 4.90 Å². The van der Waals surface area contributed by atoms with Gasteiger partial charge in [0.15, 0.2) is 11.6 Å². The van der Waals surface area contributed by atoms with Gasteiger partial charge < -0.3 is 19.5 Å². The summed E-state index contributed by atoms with van der Waals surface area (Å²) >= 11 is 0. The first-order chi connectivity index (χ1) is 10.1. The topological polar surface area (TPSA) is 59.0 Å². The monoisotopic (exact) mass is 315 g/mol. The number of β-amino-alcohol motifs (C(OH)–C–C–N with tert-alkyl or cyclic N) is 1. The van der Waals surface area contributed by atoms with Crippen LogP contribution in [0.15, 0.2) is 12.1 Å². The fourth-order valence-corrected chi connectivity index (χ4v) is 2.37. The van der Waals surface area contributed by atoms with Gasteiger partial charge in [0, 0.05) is 0 Å². The Kier molecular flexibility index (Phi) is 4.04. The zero-order valence-corrected chi connectivity index (χ0v) is 12.9. The van der Waals surface area contributed by atoms with Crippen molar-refractivity contribution in [3.8, 4) is 5.75 Å². The molecule has 1 aliphatic rings. The fourth-order valence-electron chi connectivity index (χ4n) is 2.37. The molecular formula is C15H19F2NO4. The molecule has 0 bridgehead atoms. The van der Waals surface area contributed by atoms with Crippen molar-refractivity contribution in [3.05, 3.63) is 29.3 Å². The maximum Gasteiger partial charge on any atom is 0.410 e. The average molecular weight is 315 g/mol. The first kappa shape index (κ1) is 16.5. The van der Waals surface area contributed by atoms with Crippen molar-refractivity contribution >= 4 is 6.09 Å². The number of carbonyl (C=O) groups excluding carboxylic acids is 1. The Morgan fingerprint density at radius 2 is 1.82 bits per heavy atom. The minimum Gasteiger partial charge on any atom is -0.493 e. The van der Waals surface area contributed by atoms with Gasteiger partial charge in [0.2, 0.25) is 0 Å². The molecular weight excluding hydrogens is 296 g/mol. The van der Waals surface area contributed by atoms with Crippen LogP contribution < -0.4 is 4.74 Å². The second-order valence-electron chi connectivity index (χ2n) is 6.31. The van der Waals surface area contributed by atoms with Crippen molar-refractivity contribution in [1.29, 1.82) is 0 Å². The summed E-state index contributed by atoms with van der Waals surface area (Å²) in [5.41, 5.74) is -2.66. The molecule has 1 aromatic rings. The molecule has 1 N–H and O–H groups in total. The summed E-state index contributed by atoms with van der Waals surface area (Å²) in [5.74, 6) is -1.92. The standard InChI is InChI=1S/C15H19F2NO4/c1-14(2,3)22-13(19)18-7-15(20,8-18)11-9(16)5-6-10(17)12(11)21-4/h5-6,20H,7-8H2,1-4H3. The van der Waals surface area contributed by atoms with Crippen LogP contribution in [0.1, 0.15) is 26.3 Å². The van der Waals surface area contributed by atoms with E-state index in [-0.39, 0.29) is 24.4 Å². The van der Waals surface area contributed by atoms with E-state index in [0.29, 0.717) is 0 Å². The van der Waals surface area contributed by atoms with Crippen LogP contribution >= 0.6 is 0 Å². The molecule has 5 nitrogen and oxygen atoms in total. The molecule has 7 heteroatoms. The number of carbonyl (C=O) groups is 1. The molecule has 0 spiro atoms. The summed E-state index contributed by atoms with van der Waals surface area (Å²) in [6.45, 7) is 4.75. The predicted octanol–water partition coefficient (Wildman–Crippen LogP) is 2.41. The lowest BCUT2D eigenvalue weighted by molar-refractivity contribution is -0.106. The number of methoxy groups -OCH3 is 1. The van der Waals surface area contributed by atoms with Crippen molar-refractivity contribution in [2.24, 2.45) is 0 Å². The summed E-state index contributed by atoms with van der Waals surface area (Å²) in [7, 11) is 1.19. The van der Waals surface area contributed by atoms with Gasteiger partial charge in [-0.25, -0.2) is 13.6 Å². The highest BCUT2D eigenvalue weighted by atomic mass is 19.1. The van der Waals surface area contributed by atoms with Crippen molar-refractivity contribution in [3.63, 3.8) is 0 Å². The molecule has 1 fully saturated rings. The van der Waals surface area contributed by atoms with E-state index in [1.165, 1.54) is 12.0 Å². The van der Waals surface area contributed by atoms with Crippen LogP contribution in [0.25, 0.3) is 0 Å². The second-order valence-corrected chi connectivity index (χ2v) is 6.31. The number of halogens is 2. The van der Waals surface area contributed by atoms with Gasteiger partial charge in [0.1, 0.15) is 17.0 Å². The van der Waals surface area contributed by atoms with Gasteiger partial charge in [-0.2, -0.15) is 0 Å². The highest BCUT2D eigenvalue weighted by molar-refractivity contribution is 5.70. The van der Waals surface area contributed by atoms with Gasteiger partial charge in [0.25, 0.3) is 0 Å². The number of hydrogen-bond donors (Lipinski definition) is 1. The lowest BCUT2D eigenvalue weighted by Crippen LogP contribution is -2.62. The van der Waals surface area contributed by atoms with Crippen molar-refractivity contribution in [2.45, 2.75) is 32.0 Å². The molecule has 2 rings (SSSR count). The molecule has 22 heavy (non-hydrogen) atoms. The highest BCUT2D eigenvalue weighted by Crippen LogP contribution is 2.40. The molecule has 1 aromatic carbocycles. The maximum absolute atomic E-state index is 14.0. The van der Waals surface area contributed by atoms with Gasteiger partial charge in [-0.05, 0) is 32.9 Å². The number of benzene rings is 1. The largest absolute Gasteiger partial charge is 0.493 e. The number of nitrogens with zero attached hydrogens (tertiary/aromatic N) is 1. The molecule has 0 aromatic heterocycles. The molecule has 1 heterocycles. The second kappa shape index (κ2) is 5.39. The lowest BCUT2D eigenvalue weighted by Gasteiger charge is -2.46. The first-order valence-corrected chi connectivity index (χ1v) is 6.80. The van der Waals surface area contributed by atoms with Crippen molar-refractivity contribution in [2.75, 3.05) is 20.2 Å². The number of amides is 1. The van der Waals surface area contributed by atoms with Gasteiger partial charge >= 0.3 is 6.09 Å². The normalized spacial score (nSPS) is 17.0. The third kappa shape index (κ3) is 2.99. The van der Waals surface area contributed by atoms with Crippen molar-refractivity contribution < 1.29 is 28.2 Å². The number of rotatable bonds is 2. The molecule has 0 unspecified atom stereocenters. The van der Waals surface area contributed by atoms with E-state index in [0.717, 1.165) is 12.1 Å². The Hall–Kier alpha value is -1.89. The van der Waals surface area contributed by atoms with E-state index in [2.05, 4.69) is 0 Å². The Bertz CT molecular complexity index is 592. The van der Waals surface area contributed by atoms with E-state index >= 15 is 0 Å². The number of ether oxygens (including phenoxy) is 2. The molecule has 0 radical (unpaired) electrons. The van der Waals surface area contributed by atoms with Crippen LogP contribution in [0.2, 0.25) is 0 Å². The number of aliphatic hydroxyl groups is 1. The van der Waals surface area contributed by atoms with Gasteiger partial charge in [0.05, 0.1) is 25.8 Å². The third-order valence-corrected chi connectivity index (χ3v) is 3.28. The Morgan fingerprint density at radius 1 is 1.27 bits per heavy atom. The fraction of sp³-hybridized carbons (Fsp3) is 0.533. The van der Waals surface area contributed by atoms with E-state index < -0.39 is 28.9 Å². The first-order valence-electron chi connectivity index (χ1n) is 6.80. The molecule has 1 saturated heterocycles. The molecule has 0 aliphatic carbocycles. The summed E-state index contributed by atoms with van der Waals surface area (Å²) < 4.78 is 37.7. The van der Waals surface area contributed by atoms with Gasteiger partial charge in [-0.15, -0.1) is 0 Å². The number of hydrogen-bond acceptors (Lipinski definition) is 4. The Balaban J connectivity index is 2.20. The van der Waals surface area contributed by atoms with Crippen LogP contribution in [-0.4, -0.2) is 41.9 Å². The van der Waals surface area contributed by atoms with Gasteiger partial charge in [-0.3, -0.25) is 0 Å². The molecule has 1 aliphatic heterocycles. The van der Waals surface area contributed by atoms with E-state index in [9.17, 15) is 18.7 Å². The van der Waals surface area contributed by atoms with E-state index in [1.54, 1.807) is 20.8 Å². The highest BCUT2D eigenvalue weighted by Gasteiger charge is 2.50. The molecule has 122 valence electrons. The van der Waals surface area contributed by atoms with E-state index in [1.807, 2.05) is 0 Å². The zero-order valence-electron chi connectivity index (χ0n) is 12.9. The average Bonchev–Trinajstić information content (AvgIpc) is 2.35.